The van der Waals surface area contributed by atoms with Crippen molar-refractivity contribution in [3.63, 3.8) is 0 Å². The van der Waals surface area contributed by atoms with Crippen LogP contribution in [0.25, 0.3) is 0 Å². The Morgan fingerprint density at radius 3 is 1.69 bits per heavy atom. The average molecular weight is 624 g/mol. The molecule has 5 nitrogen and oxygen atoms in total. The highest BCUT2D eigenvalue weighted by Gasteiger charge is 2.54. The van der Waals surface area contributed by atoms with E-state index in [9.17, 15) is 18.6 Å². The first-order valence-electron chi connectivity index (χ1n) is 11.3. The Morgan fingerprint density at radius 2 is 1.26 bits per heavy atom. The molecular weight excluding hydrogens is 596 g/mol. The van der Waals surface area contributed by atoms with Crippen LogP contribution < -0.4 is 0 Å². The monoisotopic (exact) mass is 622 g/mol. The summed E-state index contributed by atoms with van der Waals surface area (Å²) >= 11 is 6.90. The molecule has 0 bridgehead atoms. The van der Waals surface area contributed by atoms with Gasteiger partial charge in [0.1, 0.15) is 16.4 Å². The van der Waals surface area contributed by atoms with Gasteiger partial charge in [0, 0.05) is 10.0 Å². The minimum absolute atomic E-state index is 0.0386. The molecule has 35 heavy (non-hydrogen) atoms. The third-order valence-corrected chi connectivity index (χ3v) is 10.3. The van der Waals surface area contributed by atoms with Gasteiger partial charge in [0.25, 0.3) is 10.1 Å². The molecule has 1 aliphatic rings. The number of hydrogen-bond donors (Lipinski definition) is 2. The molecule has 3 aromatic carbocycles. The first-order valence-corrected chi connectivity index (χ1v) is 14.3. The van der Waals surface area contributed by atoms with Gasteiger partial charge in [-0.1, -0.05) is 33.8 Å². The minimum atomic E-state index is -4.20. The molecule has 0 aromatic heterocycles. The zero-order valence-corrected chi connectivity index (χ0v) is 24.4. The number of halogens is 2. The molecule has 1 aliphatic heterocycles. The summed E-state index contributed by atoms with van der Waals surface area (Å²) in [6.45, 7) is 11.5. The van der Waals surface area contributed by atoms with E-state index in [-0.39, 0.29) is 28.2 Å². The highest BCUT2D eigenvalue weighted by atomic mass is 79.9. The molecule has 2 N–H and O–H groups in total. The molecule has 0 amide bonds. The minimum Gasteiger partial charge on any atom is -0.508 e. The Kier molecular flexibility index (Phi) is 6.67. The van der Waals surface area contributed by atoms with Crippen molar-refractivity contribution in [1.82, 2.24) is 0 Å². The maximum atomic E-state index is 13.7. The van der Waals surface area contributed by atoms with E-state index in [4.69, 9.17) is 4.18 Å². The summed E-state index contributed by atoms with van der Waals surface area (Å²) < 4.78 is 34.6. The number of rotatable bonds is 4. The van der Waals surface area contributed by atoms with E-state index < -0.39 is 15.7 Å². The van der Waals surface area contributed by atoms with E-state index >= 15 is 0 Å². The quantitative estimate of drug-likeness (QED) is 0.294. The zero-order valence-electron chi connectivity index (χ0n) is 20.4. The molecule has 8 heteroatoms. The van der Waals surface area contributed by atoms with Crippen molar-refractivity contribution in [2.75, 3.05) is 0 Å². The number of phenols is 2. The third kappa shape index (κ3) is 4.02. The van der Waals surface area contributed by atoms with Crippen molar-refractivity contribution in [3.8, 4) is 11.5 Å². The lowest BCUT2D eigenvalue weighted by molar-refractivity contribution is 0.176. The van der Waals surface area contributed by atoms with Crippen LogP contribution in [-0.4, -0.2) is 18.6 Å². The number of aryl methyl sites for hydroxylation is 2. The predicted molar refractivity (Wildman–Crippen MR) is 144 cm³/mol. The molecule has 1 heterocycles. The zero-order chi connectivity index (χ0) is 26.0. The Labute approximate surface area is 223 Å². The Hall–Kier alpha value is -1.87. The van der Waals surface area contributed by atoms with Crippen LogP contribution in [0.1, 0.15) is 78.5 Å². The van der Waals surface area contributed by atoms with Crippen molar-refractivity contribution >= 4 is 42.0 Å². The second-order valence-corrected chi connectivity index (χ2v) is 12.8. The van der Waals surface area contributed by atoms with Crippen LogP contribution in [0.2, 0.25) is 0 Å². The third-order valence-electron chi connectivity index (χ3n) is 6.65. The molecule has 0 atom stereocenters. The molecule has 0 spiro atoms. The van der Waals surface area contributed by atoms with Crippen LogP contribution in [0, 0.1) is 13.8 Å². The van der Waals surface area contributed by atoms with Gasteiger partial charge in [-0.25, -0.2) is 4.18 Å². The van der Waals surface area contributed by atoms with Crippen LogP contribution in [0.4, 0.5) is 0 Å². The maximum Gasteiger partial charge on any atom is 0.300 e. The van der Waals surface area contributed by atoms with Gasteiger partial charge in [-0.2, -0.15) is 8.42 Å². The summed E-state index contributed by atoms with van der Waals surface area (Å²) in [5.74, 6) is 0.194. The molecule has 4 rings (SSSR count). The van der Waals surface area contributed by atoms with Crippen LogP contribution in [0.15, 0.2) is 50.2 Å². The summed E-state index contributed by atoms with van der Waals surface area (Å²) in [6, 6.07) is 10.6. The average Bonchev–Trinajstić information content (AvgIpc) is 3.01. The molecule has 0 radical (unpaired) electrons. The fourth-order valence-electron chi connectivity index (χ4n) is 4.82. The lowest BCUT2D eigenvalue weighted by Gasteiger charge is -2.35. The van der Waals surface area contributed by atoms with Gasteiger partial charge in [-0.15, -0.1) is 0 Å². The van der Waals surface area contributed by atoms with E-state index in [2.05, 4.69) is 31.9 Å². The SMILES string of the molecule is Cc1cc(C2(c3cc(C)c(O)cc3C(C)C)OS(=O)(=O)c3c2ccc(Br)c3Br)c(C(C)C)cc1O. The lowest BCUT2D eigenvalue weighted by Crippen LogP contribution is -2.33. The second-order valence-electron chi connectivity index (χ2n) is 9.72. The van der Waals surface area contributed by atoms with Crippen molar-refractivity contribution < 1.29 is 22.8 Å². The molecule has 0 aliphatic carbocycles. The molecule has 0 unspecified atom stereocenters. The van der Waals surface area contributed by atoms with Gasteiger partial charge in [-0.3, -0.25) is 0 Å². The van der Waals surface area contributed by atoms with Gasteiger partial charge >= 0.3 is 0 Å². The molecule has 0 saturated carbocycles. The van der Waals surface area contributed by atoms with Crippen LogP contribution in [-0.2, 0) is 19.9 Å². The summed E-state index contributed by atoms with van der Waals surface area (Å²) in [5.41, 5.74) is 3.01. The number of hydrogen-bond acceptors (Lipinski definition) is 5. The first-order chi connectivity index (χ1) is 16.2. The number of fused-ring (bicyclic) bond motifs is 1. The normalized spacial score (nSPS) is 16.2. The highest BCUT2D eigenvalue weighted by molar-refractivity contribution is 9.13. The highest BCUT2D eigenvalue weighted by Crippen LogP contribution is 2.56. The summed E-state index contributed by atoms with van der Waals surface area (Å²) in [4.78, 5) is 0.0627. The largest absolute Gasteiger partial charge is 0.508 e. The standard InChI is InChI=1S/C27H28Br2O5S/c1-13(2)17-11-23(30)15(5)9-20(17)27(21-10-16(6)24(31)12-18(21)14(3)4)19-7-8-22(28)25(29)26(19)35(32,33)34-27/h7-14,30-31H,1-6H3. The van der Waals surface area contributed by atoms with Gasteiger partial charge in [0.15, 0.2) is 5.60 Å². The van der Waals surface area contributed by atoms with Crippen LogP contribution in [0.3, 0.4) is 0 Å². The van der Waals surface area contributed by atoms with Gasteiger partial charge in [0.05, 0.1) is 4.47 Å². The van der Waals surface area contributed by atoms with Crippen LogP contribution >= 0.6 is 31.9 Å². The summed E-state index contributed by atoms with van der Waals surface area (Å²) in [6.07, 6.45) is 0. The topological polar surface area (TPSA) is 83.8 Å². The molecule has 3 aromatic rings. The Morgan fingerprint density at radius 1 is 0.800 bits per heavy atom. The van der Waals surface area contributed by atoms with Crippen LogP contribution in [0.5, 0.6) is 11.5 Å². The number of aromatic hydroxyl groups is 2. The van der Waals surface area contributed by atoms with E-state index in [0.29, 0.717) is 36.8 Å². The molecule has 186 valence electrons. The van der Waals surface area contributed by atoms with Crippen molar-refractivity contribution in [1.29, 1.82) is 0 Å². The van der Waals surface area contributed by atoms with Gasteiger partial charge in [0.2, 0.25) is 0 Å². The fourth-order valence-corrected chi connectivity index (χ4v) is 7.71. The maximum absolute atomic E-state index is 13.7. The van der Waals surface area contributed by atoms with Gasteiger partial charge in [-0.05, 0) is 121 Å². The van der Waals surface area contributed by atoms with E-state index in [1.807, 2.05) is 39.8 Å². The molecule has 0 saturated heterocycles. The van der Waals surface area contributed by atoms with E-state index in [1.54, 1.807) is 38.1 Å². The number of phenolic OH excluding ortho intramolecular Hbond substituents is 2. The number of benzene rings is 3. The predicted octanol–water partition coefficient (Wildman–Crippen LogP) is 7.50. The van der Waals surface area contributed by atoms with Crippen molar-refractivity contribution in [2.45, 2.75) is 63.9 Å². The van der Waals surface area contributed by atoms with E-state index in [1.165, 1.54) is 0 Å². The second kappa shape index (κ2) is 8.91. The summed E-state index contributed by atoms with van der Waals surface area (Å²) in [5, 5.41) is 21.1. The smallest absolute Gasteiger partial charge is 0.300 e. The first kappa shape index (κ1) is 26.2. The molecule has 0 fully saturated rings. The van der Waals surface area contributed by atoms with Crippen molar-refractivity contribution in [2.24, 2.45) is 0 Å². The summed E-state index contributed by atoms with van der Waals surface area (Å²) in [7, 11) is -4.20. The molecular formula is C27H28Br2O5S. The lowest BCUT2D eigenvalue weighted by atomic mass is 9.73. The van der Waals surface area contributed by atoms with Crippen molar-refractivity contribution in [3.05, 3.63) is 84.3 Å². The Bertz CT molecular complexity index is 1400. The van der Waals surface area contributed by atoms with E-state index in [0.717, 1.165) is 11.1 Å². The van der Waals surface area contributed by atoms with Gasteiger partial charge < -0.3 is 10.2 Å². The fraction of sp³-hybridized carbons (Fsp3) is 0.333. The Balaban J connectivity index is 2.30.